The molecule has 0 aliphatic heterocycles. The molecular weight excluding hydrogens is 222 g/mol. The van der Waals surface area contributed by atoms with E-state index in [0.29, 0.717) is 17.0 Å². The second kappa shape index (κ2) is 3.17. The van der Waals surface area contributed by atoms with Gasteiger partial charge in [0.05, 0.1) is 11.8 Å². The van der Waals surface area contributed by atoms with Gasteiger partial charge in [0.15, 0.2) is 11.2 Å². The first-order chi connectivity index (χ1) is 8.13. The van der Waals surface area contributed by atoms with Crippen molar-refractivity contribution >= 4 is 17.1 Å². The molecule has 4 N–H and O–H groups in total. The molecule has 0 spiro atoms. The Morgan fingerprint density at radius 3 is 2.88 bits per heavy atom. The summed E-state index contributed by atoms with van der Waals surface area (Å²) in [6.45, 7) is 0. The number of hydrogen-bond donors (Lipinski definition) is 3. The molecular formula is C9H9N7O. The molecule has 3 rings (SSSR count). The minimum absolute atomic E-state index is 0.0479. The number of nitrogen functional groups attached to an aromatic ring is 1. The molecule has 0 aliphatic carbocycles. The van der Waals surface area contributed by atoms with Gasteiger partial charge in [0.1, 0.15) is 5.82 Å². The third-order valence-electron chi connectivity index (χ3n) is 2.36. The number of fused-ring (bicyclic) bond motifs is 1. The van der Waals surface area contributed by atoms with Crippen LogP contribution in [0.25, 0.3) is 22.6 Å². The van der Waals surface area contributed by atoms with Crippen molar-refractivity contribution in [2.45, 2.75) is 0 Å². The highest BCUT2D eigenvalue weighted by Gasteiger charge is 2.11. The first-order valence-electron chi connectivity index (χ1n) is 4.88. The van der Waals surface area contributed by atoms with Gasteiger partial charge in [0.2, 0.25) is 5.95 Å². The van der Waals surface area contributed by atoms with E-state index in [4.69, 9.17) is 5.73 Å². The van der Waals surface area contributed by atoms with Crippen molar-refractivity contribution in [3.63, 3.8) is 0 Å². The van der Waals surface area contributed by atoms with Crippen molar-refractivity contribution in [2.24, 2.45) is 7.05 Å². The highest BCUT2D eigenvalue weighted by atomic mass is 16.1. The van der Waals surface area contributed by atoms with Gasteiger partial charge in [-0.2, -0.15) is 10.1 Å². The number of imidazole rings is 1. The van der Waals surface area contributed by atoms with Crippen molar-refractivity contribution in [2.75, 3.05) is 5.73 Å². The van der Waals surface area contributed by atoms with E-state index in [1.54, 1.807) is 24.1 Å². The minimum Gasteiger partial charge on any atom is -0.369 e. The number of aromatic nitrogens is 6. The molecule has 0 bridgehead atoms. The van der Waals surface area contributed by atoms with Gasteiger partial charge in [0, 0.05) is 13.2 Å². The molecule has 0 aromatic carbocycles. The van der Waals surface area contributed by atoms with Gasteiger partial charge < -0.3 is 10.7 Å². The summed E-state index contributed by atoms with van der Waals surface area (Å²) < 4.78 is 1.65. The zero-order valence-electron chi connectivity index (χ0n) is 8.93. The number of H-pyrrole nitrogens is 2. The smallest absolute Gasteiger partial charge is 0.278 e. The van der Waals surface area contributed by atoms with Crippen LogP contribution in [-0.4, -0.2) is 29.7 Å². The largest absolute Gasteiger partial charge is 0.369 e. The predicted octanol–water partition coefficient (Wildman–Crippen LogP) is -0.371. The van der Waals surface area contributed by atoms with Crippen LogP contribution in [0.3, 0.4) is 0 Å². The number of aryl methyl sites for hydroxylation is 1. The van der Waals surface area contributed by atoms with Gasteiger partial charge in [-0.05, 0) is 0 Å². The number of hydrogen-bond acceptors (Lipinski definition) is 5. The van der Waals surface area contributed by atoms with Crippen LogP contribution in [0.5, 0.6) is 0 Å². The second-order valence-corrected chi connectivity index (χ2v) is 3.64. The Morgan fingerprint density at radius 1 is 1.35 bits per heavy atom. The van der Waals surface area contributed by atoms with Crippen LogP contribution < -0.4 is 11.3 Å². The molecule has 3 aromatic heterocycles. The summed E-state index contributed by atoms with van der Waals surface area (Å²) in [5.41, 5.74) is 6.48. The van der Waals surface area contributed by atoms with Gasteiger partial charge in [-0.25, -0.2) is 4.98 Å². The van der Waals surface area contributed by atoms with E-state index in [1.807, 2.05) is 0 Å². The standard InChI is InChI=1S/C9H9N7O/c1-16-3-4(2-11-16)6-12-5-7(13-6)14-9(10)15-8(5)17/h2-3H,1H3,(H4,10,12,13,14,15,17). The summed E-state index contributed by atoms with van der Waals surface area (Å²) in [4.78, 5) is 25.0. The van der Waals surface area contributed by atoms with Crippen molar-refractivity contribution in [1.29, 1.82) is 0 Å². The van der Waals surface area contributed by atoms with Crippen LogP contribution in [0.1, 0.15) is 0 Å². The summed E-state index contributed by atoms with van der Waals surface area (Å²) in [5.74, 6) is 0.587. The van der Waals surface area contributed by atoms with Crippen LogP contribution in [0.2, 0.25) is 0 Å². The second-order valence-electron chi connectivity index (χ2n) is 3.64. The Morgan fingerprint density at radius 2 is 2.18 bits per heavy atom. The Kier molecular flexibility index (Phi) is 1.79. The minimum atomic E-state index is -0.338. The monoisotopic (exact) mass is 231 g/mol. The van der Waals surface area contributed by atoms with Gasteiger partial charge >= 0.3 is 0 Å². The lowest BCUT2D eigenvalue weighted by Gasteiger charge is -1.89. The lowest BCUT2D eigenvalue weighted by atomic mass is 10.3. The predicted molar refractivity (Wildman–Crippen MR) is 61.1 cm³/mol. The molecule has 0 saturated carbocycles. The normalized spacial score (nSPS) is 11.1. The molecule has 0 aliphatic rings. The van der Waals surface area contributed by atoms with Crippen molar-refractivity contribution in [3.05, 3.63) is 22.7 Å². The van der Waals surface area contributed by atoms with E-state index in [-0.39, 0.29) is 11.5 Å². The summed E-state index contributed by atoms with van der Waals surface area (Å²) in [6, 6.07) is 0. The molecule has 3 heterocycles. The maximum absolute atomic E-state index is 11.6. The Bertz CT molecular complexity index is 750. The number of anilines is 1. The Balaban J connectivity index is 2.27. The fourth-order valence-electron chi connectivity index (χ4n) is 1.60. The average molecular weight is 231 g/mol. The molecule has 8 heteroatoms. The Hall–Kier alpha value is -2.64. The van der Waals surface area contributed by atoms with Gasteiger partial charge in [-0.15, -0.1) is 0 Å². The molecule has 0 radical (unpaired) electrons. The van der Waals surface area contributed by atoms with E-state index >= 15 is 0 Å². The molecule has 0 amide bonds. The number of nitrogens with one attached hydrogen (secondary N) is 2. The summed E-state index contributed by atoms with van der Waals surface area (Å²) in [7, 11) is 1.80. The molecule has 0 fully saturated rings. The Labute approximate surface area is 94.5 Å². The first-order valence-corrected chi connectivity index (χ1v) is 4.88. The van der Waals surface area contributed by atoms with Crippen LogP contribution in [0.4, 0.5) is 5.95 Å². The highest BCUT2D eigenvalue weighted by Crippen LogP contribution is 2.16. The van der Waals surface area contributed by atoms with Gasteiger partial charge in [-0.3, -0.25) is 14.5 Å². The van der Waals surface area contributed by atoms with Crippen LogP contribution in [0, 0.1) is 0 Å². The molecule has 0 saturated heterocycles. The van der Waals surface area contributed by atoms with E-state index in [0.717, 1.165) is 5.56 Å². The number of aromatic amines is 2. The highest BCUT2D eigenvalue weighted by molar-refractivity contribution is 5.75. The average Bonchev–Trinajstić information content (AvgIpc) is 2.83. The van der Waals surface area contributed by atoms with E-state index < -0.39 is 0 Å². The van der Waals surface area contributed by atoms with Crippen molar-refractivity contribution < 1.29 is 0 Å². The van der Waals surface area contributed by atoms with Crippen LogP contribution >= 0.6 is 0 Å². The SMILES string of the molecule is Cn1cc(-c2nc3nc(N)[nH]c(=O)c3[nH]2)cn1. The van der Waals surface area contributed by atoms with E-state index in [1.165, 1.54) is 0 Å². The third-order valence-corrected chi connectivity index (χ3v) is 2.36. The zero-order valence-corrected chi connectivity index (χ0v) is 8.93. The van der Waals surface area contributed by atoms with E-state index in [9.17, 15) is 4.79 Å². The molecule has 17 heavy (non-hydrogen) atoms. The molecule has 86 valence electrons. The fourth-order valence-corrected chi connectivity index (χ4v) is 1.60. The maximum Gasteiger partial charge on any atom is 0.278 e. The summed E-state index contributed by atoms with van der Waals surface area (Å²) in [6.07, 6.45) is 3.44. The number of nitrogens with two attached hydrogens (primary N) is 1. The maximum atomic E-state index is 11.6. The number of nitrogens with zero attached hydrogens (tertiary/aromatic N) is 4. The molecule has 0 unspecified atom stereocenters. The molecule has 8 nitrogen and oxygen atoms in total. The van der Waals surface area contributed by atoms with Crippen molar-refractivity contribution in [3.8, 4) is 11.4 Å². The van der Waals surface area contributed by atoms with Gasteiger partial charge in [0.25, 0.3) is 5.56 Å². The van der Waals surface area contributed by atoms with Crippen molar-refractivity contribution in [1.82, 2.24) is 29.7 Å². The molecule has 0 atom stereocenters. The summed E-state index contributed by atoms with van der Waals surface area (Å²) >= 11 is 0. The zero-order chi connectivity index (χ0) is 12.0. The summed E-state index contributed by atoms with van der Waals surface area (Å²) in [5, 5.41) is 4.03. The van der Waals surface area contributed by atoms with Crippen LogP contribution in [0.15, 0.2) is 17.2 Å². The number of rotatable bonds is 1. The van der Waals surface area contributed by atoms with E-state index in [2.05, 4.69) is 25.0 Å². The lowest BCUT2D eigenvalue weighted by molar-refractivity contribution is 0.768. The first kappa shape index (κ1) is 9.58. The lowest BCUT2D eigenvalue weighted by Crippen LogP contribution is -2.10. The van der Waals surface area contributed by atoms with Gasteiger partial charge in [-0.1, -0.05) is 0 Å². The topological polar surface area (TPSA) is 118 Å². The molecule has 3 aromatic rings. The van der Waals surface area contributed by atoms with Crippen LogP contribution in [-0.2, 0) is 7.05 Å². The fraction of sp³-hybridized carbons (Fsp3) is 0.111. The third kappa shape index (κ3) is 1.46. The quantitative estimate of drug-likeness (QED) is 0.528.